The lowest BCUT2D eigenvalue weighted by Crippen LogP contribution is -2.25. The first-order valence-corrected chi connectivity index (χ1v) is 4.52. The molecule has 0 aromatic carbocycles. The molecule has 0 radical (unpaired) electrons. The lowest BCUT2D eigenvalue weighted by atomic mass is 10.6. The third-order valence-corrected chi connectivity index (χ3v) is 1.34. The fourth-order valence-electron chi connectivity index (χ4n) is 0.452. The summed E-state index contributed by atoms with van der Waals surface area (Å²) < 4.78 is 5.10. The number of nitrogens with one attached hydrogen (secondary N) is 1. The minimum absolute atomic E-state index is 0.598. The van der Waals surface area contributed by atoms with Crippen LogP contribution in [0.25, 0.3) is 0 Å². The smallest absolute Gasteiger partial charge is 0.0630 e. The van der Waals surface area contributed by atoms with Crippen LogP contribution in [0.2, 0.25) is 0 Å². The fraction of sp³-hybridized carbons (Fsp3) is 1.00. The van der Waals surface area contributed by atoms with E-state index in [4.69, 9.17) is 10.3 Å². The molecule has 0 aliphatic heterocycles. The highest BCUT2D eigenvalue weighted by atomic mass is 31.1. The SMILES string of the molecule is CPOCCNCCN. The molecule has 0 aromatic heterocycles. The van der Waals surface area contributed by atoms with Crippen LogP contribution >= 0.6 is 8.81 Å². The van der Waals surface area contributed by atoms with Crippen LogP contribution in [0.3, 0.4) is 0 Å². The first kappa shape index (κ1) is 9.31. The van der Waals surface area contributed by atoms with E-state index in [0.29, 0.717) is 15.4 Å². The molecule has 0 saturated carbocycles. The van der Waals surface area contributed by atoms with Gasteiger partial charge in [-0.05, 0) is 6.66 Å². The van der Waals surface area contributed by atoms with Crippen molar-refractivity contribution in [2.45, 2.75) is 0 Å². The predicted octanol–water partition coefficient (Wildman–Crippen LogP) is -0.225. The van der Waals surface area contributed by atoms with Gasteiger partial charge in [0, 0.05) is 28.4 Å². The third-order valence-electron chi connectivity index (χ3n) is 0.846. The zero-order valence-corrected chi connectivity index (χ0v) is 6.81. The molecular weight excluding hydrogens is 135 g/mol. The summed E-state index contributed by atoms with van der Waals surface area (Å²) in [4.78, 5) is 0. The van der Waals surface area contributed by atoms with Gasteiger partial charge in [0.05, 0.1) is 6.61 Å². The Balaban J connectivity index is 2.60. The first-order chi connectivity index (χ1) is 4.41. The number of nitrogens with two attached hydrogens (primary N) is 1. The Hall–Kier alpha value is 0.310. The zero-order chi connectivity index (χ0) is 6.95. The second kappa shape index (κ2) is 8.31. The summed E-state index contributed by atoms with van der Waals surface area (Å²) in [5, 5.41) is 3.12. The van der Waals surface area contributed by atoms with E-state index in [2.05, 4.69) is 5.32 Å². The van der Waals surface area contributed by atoms with Crippen molar-refractivity contribution in [3.8, 4) is 0 Å². The summed E-state index contributed by atoms with van der Waals surface area (Å²) in [6.45, 7) is 5.32. The van der Waals surface area contributed by atoms with Gasteiger partial charge in [0.25, 0.3) is 0 Å². The van der Waals surface area contributed by atoms with Crippen LogP contribution in [-0.2, 0) is 4.52 Å². The van der Waals surface area contributed by atoms with Gasteiger partial charge in [-0.2, -0.15) is 0 Å². The van der Waals surface area contributed by atoms with E-state index in [-0.39, 0.29) is 0 Å². The molecule has 0 aromatic rings. The van der Waals surface area contributed by atoms with Crippen LogP contribution in [0.15, 0.2) is 0 Å². The van der Waals surface area contributed by atoms with E-state index in [1.54, 1.807) is 0 Å². The fourth-order valence-corrected chi connectivity index (χ4v) is 0.759. The van der Waals surface area contributed by atoms with E-state index >= 15 is 0 Å². The average Bonchev–Trinajstić information content (AvgIpc) is 1.89. The molecule has 0 rings (SSSR count). The van der Waals surface area contributed by atoms with Crippen LogP contribution in [0.5, 0.6) is 0 Å². The molecule has 0 fully saturated rings. The van der Waals surface area contributed by atoms with Gasteiger partial charge < -0.3 is 15.6 Å². The van der Waals surface area contributed by atoms with Gasteiger partial charge in [0.15, 0.2) is 0 Å². The van der Waals surface area contributed by atoms with Gasteiger partial charge in [-0.3, -0.25) is 0 Å². The van der Waals surface area contributed by atoms with Crippen molar-refractivity contribution < 1.29 is 4.52 Å². The van der Waals surface area contributed by atoms with Crippen molar-refractivity contribution in [2.75, 3.05) is 32.9 Å². The zero-order valence-electron chi connectivity index (χ0n) is 5.81. The Labute approximate surface area is 58.2 Å². The first-order valence-electron chi connectivity index (χ1n) is 3.11. The topological polar surface area (TPSA) is 47.3 Å². The molecule has 1 atom stereocenters. The molecule has 0 spiro atoms. The Morgan fingerprint density at radius 2 is 2.33 bits per heavy atom. The Morgan fingerprint density at radius 1 is 1.56 bits per heavy atom. The quantitative estimate of drug-likeness (QED) is 0.406. The monoisotopic (exact) mass is 150 g/mol. The summed E-state index contributed by atoms with van der Waals surface area (Å²) in [5.41, 5.74) is 5.24. The standard InChI is InChI=1S/C5H15N2OP/c1-9-8-5-4-7-3-2-6/h7,9H,2-6H2,1H3. The lowest BCUT2D eigenvalue weighted by molar-refractivity contribution is 0.359. The highest BCUT2D eigenvalue weighted by Crippen LogP contribution is 2.00. The Kier molecular flexibility index (Phi) is 8.60. The van der Waals surface area contributed by atoms with E-state index in [9.17, 15) is 0 Å². The largest absolute Gasteiger partial charge is 0.361 e. The lowest BCUT2D eigenvalue weighted by Gasteiger charge is -2.01. The van der Waals surface area contributed by atoms with Crippen LogP contribution in [-0.4, -0.2) is 32.9 Å². The number of hydrogen-bond donors (Lipinski definition) is 2. The van der Waals surface area contributed by atoms with Crippen molar-refractivity contribution in [2.24, 2.45) is 5.73 Å². The summed E-state index contributed by atoms with van der Waals surface area (Å²) in [7, 11) is 0.598. The van der Waals surface area contributed by atoms with Crippen molar-refractivity contribution >= 4 is 8.81 Å². The van der Waals surface area contributed by atoms with Gasteiger partial charge in [-0.1, -0.05) is 0 Å². The molecule has 0 aliphatic carbocycles. The Morgan fingerprint density at radius 3 is 2.89 bits per heavy atom. The van der Waals surface area contributed by atoms with Crippen molar-refractivity contribution in [1.82, 2.24) is 5.32 Å². The van der Waals surface area contributed by atoms with Crippen molar-refractivity contribution in [1.29, 1.82) is 0 Å². The molecule has 9 heavy (non-hydrogen) atoms. The van der Waals surface area contributed by atoms with Crippen LogP contribution < -0.4 is 11.1 Å². The molecule has 56 valence electrons. The number of hydrogen-bond acceptors (Lipinski definition) is 3. The maximum absolute atomic E-state index is 5.24. The van der Waals surface area contributed by atoms with Gasteiger partial charge in [0.2, 0.25) is 0 Å². The van der Waals surface area contributed by atoms with E-state index in [1.807, 2.05) is 6.66 Å². The van der Waals surface area contributed by atoms with Crippen molar-refractivity contribution in [3.63, 3.8) is 0 Å². The van der Waals surface area contributed by atoms with Crippen LogP contribution in [0.1, 0.15) is 0 Å². The molecule has 0 saturated heterocycles. The Bertz CT molecular complexity index is 48.2. The predicted molar refractivity (Wildman–Crippen MR) is 42.1 cm³/mol. The maximum Gasteiger partial charge on any atom is 0.0630 e. The van der Waals surface area contributed by atoms with Gasteiger partial charge >= 0.3 is 0 Å². The molecule has 3 N–H and O–H groups in total. The third kappa shape index (κ3) is 8.31. The molecule has 0 amide bonds. The molecule has 0 aliphatic rings. The average molecular weight is 150 g/mol. The summed E-state index contributed by atoms with van der Waals surface area (Å²) >= 11 is 0. The molecule has 0 bridgehead atoms. The molecule has 3 nitrogen and oxygen atoms in total. The van der Waals surface area contributed by atoms with Gasteiger partial charge in [-0.15, -0.1) is 0 Å². The second-order valence-corrected chi connectivity index (χ2v) is 2.29. The molecule has 1 unspecified atom stereocenters. The minimum Gasteiger partial charge on any atom is -0.361 e. The van der Waals surface area contributed by atoms with E-state index in [1.165, 1.54) is 0 Å². The van der Waals surface area contributed by atoms with Gasteiger partial charge in [-0.25, -0.2) is 0 Å². The van der Waals surface area contributed by atoms with E-state index < -0.39 is 0 Å². The summed E-state index contributed by atoms with van der Waals surface area (Å²) in [5.74, 6) is 0. The normalized spacial score (nSPS) is 11.3. The molecule has 4 heteroatoms. The van der Waals surface area contributed by atoms with Crippen LogP contribution in [0, 0.1) is 0 Å². The summed E-state index contributed by atoms with van der Waals surface area (Å²) in [6, 6.07) is 0. The van der Waals surface area contributed by atoms with E-state index in [0.717, 1.165) is 19.7 Å². The summed E-state index contributed by atoms with van der Waals surface area (Å²) in [6.07, 6.45) is 0. The van der Waals surface area contributed by atoms with Crippen molar-refractivity contribution in [3.05, 3.63) is 0 Å². The molecule has 0 heterocycles. The number of rotatable bonds is 6. The van der Waals surface area contributed by atoms with Crippen LogP contribution in [0.4, 0.5) is 0 Å². The maximum atomic E-state index is 5.24. The molecular formula is C5H15N2OP. The highest BCUT2D eigenvalue weighted by Gasteiger charge is 1.82. The highest BCUT2D eigenvalue weighted by molar-refractivity contribution is 7.31. The minimum atomic E-state index is 0.598. The second-order valence-electron chi connectivity index (χ2n) is 1.59. The van der Waals surface area contributed by atoms with Gasteiger partial charge in [0.1, 0.15) is 0 Å².